The summed E-state index contributed by atoms with van der Waals surface area (Å²) in [7, 11) is 1.46. The van der Waals surface area contributed by atoms with Crippen LogP contribution < -0.4 is 5.32 Å². The fourth-order valence-corrected chi connectivity index (χ4v) is 3.74. The number of pyridine rings is 1. The predicted molar refractivity (Wildman–Crippen MR) is 107 cm³/mol. The first-order valence-corrected chi connectivity index (χ1v) is 9.98. The van der Waals surface area contributed by atoms with Crippen molar-refractivity contribution in [2.45, 2.75) is 51.6 Å². The van der Waals surface area contributed by atoms with Gasteiger partial charge >= 0.3 is 6.18 Å². The van der Waals surface area contributed by atoms with E-state index in [1.807, 2.05) is 20.8 Å². The van der Waals surface area contributed by atoms with E-state index >= 15 is 0 Å². The van der Waals surface area contributed by atoms with Crippen molar-refractivity contribution < 1.29 is 27.9 Å². The maximum atomic E-state index is 13.5. The van der Waals surface area contributed by atoms with Gasteiger partial charge in [-0.05, 0) is 17.5 Å². The Balaban J connectivity index is 1.92. The van der Waals surface area contributed by atoms with Gasteiger partial charge in [0.25, 0.3) is 0 Å². The number of hydrogen-bond donors (Lipinski definition) is 2. The molecule has 32 heavy (non-hydrogen) atoms. The van der Waals surface area contributed by atoms with E-state index in [1.165, 1.54) is 28.9 Å². The van der Waals surface area contributed by atoms with E-state index in [2.05, 4.69) is 20.6 Å². The minimum atomic E-state index is -4.51. The first kappa shape index (κ1) is 23.6. The Morgan fingerprint density at radius 2 is 1.91 bits per heavy atom. The summed E-state index contributed by atoms with van der Waals surface area (Å²) in [6.45, 7) is 5.45. The largest absolute Gasteiger partial charge is 0.417 e. The molecular weight excluding hydrogens is 429 g/mol. The lowest BCUT2D eigenvalue weighted by Crippen LogP contribution is -2.49. The van der Waals surface area contributed by atoms with Crippen molar-refractivity contribution in [1.29, 1.82) is 0 Å². The van der Waals surface area contributed by atoms with Gasteiger partial charge in [-0.15, -0.1) is 5.10 Å². The van der Waals surface area contributed by atoms with E-state index in [0.29, 0.717) is 6.20 Å². The Morgan fingerprint density at radius 3 is 2.44 bits per heavy atom. The summed E-state index contributed by atoms with van der Waals surface area (Å²) in [6.07, 6.45) is -3.07. The van der Waals surface area contributed by atoms with Crippen LogP contribution in [0.25, 0.3) is 11.4 Å². The Hall–Kier alpha value is -3.02. The number of amides is 2. The third-order valence-electron chi connectivity index (χ3n) is 5.29. The van der Waals surface area contributed by atoms with Gasteiger partial charge in [0.2, 0.25) is 11.8 Å². The number of carbonyl (C=O) groups is 2. The number of aliphatic hydroxyl groups is 1. The lowest BCUT2D eigenvalue weighted by Gasteiger charge is -2.34. The lowest BCUT2D eigenvalue weighted by atomic mass is 9.85. The van der Waals surface area contributed by atoms with Crippen molar-refractivity contribution in [3.8, 4) is 11.4 Å². The molecule has 174 valence electrons. The standard InChI is InChI=1S/C20H25F3N6O3/c1-19(2,3)16(18(32)28-9-12(30)7-15(28)17(31)24-4)29-10-14(26-27-29)13-6-5-11(8-25-13)20(21,22)23/h5-6,8,10,12,15-16,30H,7,9H2,1-4H3,(H,24,31)/t12?,15?,16-/m1/s1. The third kappa shape index (κ3) is 4.74. The van der Waals surface area contributed by atoms with Gasteiger partial charge in [0.05, 0.1) is 23.6 Å². The number of aliphatic hydroxyl groups excluding tert-OH is 1. The number of nitrogens with one attached hydrogen (secondary N) is 1. The van der Waals surface area contributed by atoms with Crippen LogP contribution in [0.4, 0.5) is 13.2 Å². The average molecular weight is 454 g/mol. The van der Waals surface area contributed by atoms with Crippen molar-refractivity contribution in [2.24, 2.45) is 5.41 Å². The number of β-amino-alcohol motifs (C(OH)–C–C–N with tert-alkyl or cyclic N) is 1. The second-order valence-electron chi connectivity index (χ2n) is 8.79. The van der Waals surface area contributed by atoms with E-state index in [9.17, 15) is 27.9 Å². The molecule has 1 aliphatic rings. The number of alkyl halides is 3. The molecule has 1 saturated heterocycles. The molecule has 2 unspecified atom stereocenters. The summed E-state index contributed by atoms with van der Waals surface area (Å²) in [6, 6.07) is 0.388. The second-order valence-corrected chi connectivity index (χ2v) is 8.79. The number of carbonyl (C=O) groups excluding carboxylic acids is 2. The quantitative estimate of drug-likeness (QED) is 0.727. The molecule has 9 nitrogen and oxygen atoms in total. The van der Waals surface area contributed by atoms with Gasteiger partial charge in [0.1, 0.15) is 17.8 Å². The van der Waals surface area contributed by atoms with E-state index in [1.54, 1.807) is 0 Å². The molecule has 2 aromatic heterocycles. The summed E-state index contributed by atoms with van der Waals surface area (Å²) >= 11 is 0. The molecule has 0 saturated carbocycles. The molecule has 3 rings (SSSR count). The molecule has 1 aliphatic heterocycles. The van der Waals surface area contributed by atoms with Crippen LogP contribution in [0, 0.1) is 5.41 Å². The lowest BCUT2D eigenvalue weighted by molar-refractivity contribution is -0.144. The van der Waals surface area contributed by atoms with Crippen LogP contribution in [0.2, 0.25) is 0 Å². The highest BCUT2D eigenvalue weighted by atomic mass is 19.4. The molecule has 0 aliphatic carbocycles. The van der Waals surface area contributed by atoms with Gasteiger partial charge in [-0.25, -0.2) is 4.68 Å². The zero-order valence-electron chi connectivity index (χ0n) is 18.1. The zero-order chi connectivity index (χ0) is 23.8. The van der Waals surface area contributed by atoms with Crippen molar-refractivity contribution in [3.05, 3.63) is 30.1 Å². The minimum absolute atomic E-state index is 0.00547. The van der Waals surface area contributed by atoms with Crippen LogP contribution in [-0.4, -0.2) is 67.5 Å². The van der Waals surface area contributed by atoms with Crippen LogP contribution in [-0.2, 0) is 15.8 Å². The number of halogens is 3. The molecule has 3 heterocycles. The highest BCUT2D eigenvalue weighted by Crippen LogP contribution is 2.35. The topological polar surface area (TPSA) is 113 Å². The Kier molecular flexibility index (Phi) is 6.27. The molecule has 2 aromatic rings. The third-order valence-corrected chi connectivity index (χ3v) is 5.29. The Bertz CT molecular complexity index is 984. The number of nitrogens with zero attached hydrogens (tertiary/aromatic N) is 5. The van der Waals surface area contributed by atoms with E-state index in [0.717, 1.165) is 6.07 Å². The molecule has 0 radical (unpaired) electrons. The van der Waals surface area contributed by atoms with Crippen LogP contribution in [0.3, 0.4) is 0 Å². The SMILES string of the molecule is CNC(=O)C1CC(O)CN1C(=O)[C@@H](n1cc(-c2ccc(C(F)(F)F)cn2)nn1)C(C)(C)C. The number of aromatic nitrogens is 4. The Morgan fingerprint density at radius 1 is 1.22 bits per heavy atom. The fourth-order valence-electron chi connectivity index (χ4n) is 3.74. The van der Waals surface area contributed by atoms with E-state index in [4.69, 9.17) is 0 Å². The van der Waals surface area contributed by atoms with Crippen LogP contribution >= 0.6 is 0 Å². The monoisotopic (exact) mass is 454 g/mol. The predicted octanol–water partition coefficient (Wildman–Crippen LogP) is 1.65. The fraction of sp³-hybridized carbons (Fsp3) is 0.550. The second kappa shape index (κ2) is 8.49. The van der Waals surface area contributed by atoms with E-state index < -0.39 is 41.2 Å². The molecule has 0 aromatic carbocycles. The Labute approximate surface area is 182 Å². The van der Waals surface area contributed by atoms with Gasteiger partial charge < -0.3 is 15.3 Å². The van der Waals surface area contributed by atoms with Gasteiger partial charge in [-0.1, -0.05) is 26.0 Å². The van der Waals surface area contributed by atoms with Crippen molar-refractivity contribution >= 4 is 11.8 Å². The normalized spacial score (nSPS) is 20.3. The molecule has 12 heteroatoms. The van der Waals surface area contributed by atoms with Crippen LogP contribution in [0.15, 0.2) is 24.5 Å². The summed E-state index contributed by atoms with van der Waals surface area (Å²) in [5.74, 6) is -0.796. The summed E-state index contributed by atoms with van der Waals surface area (Å²) in [5, 5.41) is 20.6. The summed E-state index contributed by atoms with van der Waals surface area (Å²) < 4.78 is 39.7. The summed E-state index contributed by atoms with van der Waals surface area (Å²) in [4.78, 5) is 30.8. The zero-order valence-corrected chi connectivity index (χ0v) is 18.1. The highest BCUT2D eigenvalue weighted by Gasteiger charge is 2.45. The van der Waals surface area contributed by atoms with E-state index in [-0.39, 0.29) is 30.3 Å². The smallest absolute Gasteiger partial charge is 0.391 e. The van der Waals surface area contributed by atoms with Crippen molar-refractivity contribution in [1.82, 2.24) is 30.2 Å². The van der Waals surface area contributed by atoms with Crippen LogP contribution in [0.1, 0.15) is 38.8 Å². The number of likely N-dealkylation sites (N-methyl/N-ethyl adjacent to an activating group) is 1. The van der Waals surface area contributed by atoms with Gasteiger partial charge in [0.15, 0.2) is 0 Å². The first-order chi connectivity index (χ1) is 14.8. The molecule has 0 bridgehead atoms. The molecular formula is C20H25F3N6O3. The van der Waals surface area contributed by atoms with Crippen molar-refractivity contribution in [3.63, 3.8) is 0 Å². The van der Waals surface area contributed by atoms with Crippen LogP contribution in [0.5, 0.6) is 0 Å². The van der Waals surface area contributed by atoms with Gasteiger partial charge in [-0.2, -0.15) is 13.2 Å². The number of rotatable bonds is 4. The first-order valence-electron chi connectivity index (χ1n) is 9.98. The molecule has 3 atom stereocenters. The maximum absolute atomic E-state index is 13.5. The minimum Gasteiger partial charge on any atom is -0.391 e. The molecule has 2 N–H and O–H groups in total. The summed E-state index contributed by atoms with van der Waals surface area (Å²) in [5.41, 5.74) is -1.17. The van der Waals surface area contributed by atoms with Gasteiger partial charge in [-0.3, -0.25) is 14.6 Å². The van der Waals surface area contributed by atoms with Gasteiger partial charge in [0, 0.05) is 26.2 Å². The maximum Gasteiger partial charge on any atom is 0.417 e. The average Bonchev–Trinajstić information content (AvgIpc) is 3.33. The molecule has 1 fully saturated rings. The van der Waals surface area contributed by atoms with Crippen molar-refractivity contribution in [2.75, 3.05) is 13.6 Å². The number of hydrogen-bond acceptors (Lipinski definition) is 6. The molecule has 0 spiro atoms. The molecule has 2 amide bonds. The number of likely N-dealkylation sites (tertiary alicyclic amines) is 1. The highest BCUT2D eigenvalue weighted by molar-refractivity contribution is 5.90.